The number of benzene rings is 2. The van der Waals surface area contributed by atoms with Gasteiger partial charge in [0.2, 0.25) is 11.6 Å². The van der Waals surface area contributed by atoms with Crippen molar-refractivity contribution in [3.05, 3.63) is 46.5 Å². The normalized spacial score (nSPS) is 12.3. The highest BCUT2D eigenvalue weighted by atomic mass is 28.4. The van der Waals surface area contributed by atoms with Gasteiger partial charge in [-0.2, -0.15) is 8.78 Å². The van der Waals surface area contributed by atoms with Crippen LogP contribution in [0.15, 0.2) is 0 Å². The summed E-state index contributed by atoms with van der Waals surface area (Å²) in [7, 11) is -7.40. The minimum Gasteiger partial charge on any atom is -0.487 e. The van der Waals surface area contributed by atoms with Crippen molar-refractivity contribution in [1.29, 1.82) is 0 Å². The Bertz CT molecular complexity index is 1300. The Hall–Kier alpha value is -2.17. The molecule has 2 rings (SSSR count). The SMILES string of the molecule is CCO[Si](CCCOCCCCCCOc1c(F)c(F)c(-c2c(F)c(F)c([Si](OCC)(OCC)OCC)c(F)c2F)c(F)c1F)(OCC)OCC. The van der Waals surface area contributed by atoms with Gasteiger partial charge in [0, 0.05) is 58.9 Å². The molecule has 51 heavy (non-hydrogen) atoms. The Balaban J connectivity index is 2.09. The molecule has 0 spiro atoms. The van der Waals surface area contributed by atoms with Gasteiger partial charge in [0.1, 0.15) is 0 Å². The van der Waals surface area contributed by atoms with Crippen LogP contribution in [-0.4, -0.2) is 77.1 Å². The van der Waals surface area contributed by atoms with Crippen LogP contribution in [0, 0.1) is 46.5 Å². The van der Waals surface area contributed by atoms with Gasteiger partial charge in [-0.25, -0.2) is 26.3 Å². The third kappa shape index (κ3) is 11.2. The lowest BCUT2D eigenvalue weighted by Crippen LogP contribution is -2.60. The topological polar surface area (TPSA) is 73.8 Å². The molecule has 0 fully saturated rings. The molecule has 0 unspecified atom stereocenters. The lowest BCUT2D eigenvalue weighted by Gasteiger charge is -2.29. The van der Waals surface area contributed by atoms with E-state index in [9.17, 15) is 8.78 Å². The molecule has 2 aromatic rings. The summed E-state index contributed by atoms with van der Waals surface area (Å²) in [5.74, 6) is -19.4. The van der Waals surface area contributed by atoms with Crippen LogP contribution in [0.3, 0.4) is 0 Å². The predicted octanol–water partition coefficient (Wildman–Crippen LogP) is 8.12. The van der Waals surface area contributed by atoms with Crippen molar-refractivity contribution in [2.24, 2.45) is 0 Å². The molecule has 0 saturated carbocycles. The molecule has 0 aromatic heterocycles. The van der Waals surface area contributed by atoms with E-state index >= 15 is 26.3 Å². The van der Waals surface area contributed by atoms with E-state index in [0.717, 1.165) is 0 Å². The van der Waals surface area contributed by atoms with Gasteiger partial charge >= 0.3 is 17.6 Å². The smallest absolute Gasteiger partial charge is 0.487 e. The van der Waals surface area contributed by atoms with E-state index in [1.54, 1.807) is 0 Å². The van der Waals surface area contributed by atoms with Crippen molar-refractivity contribution < 1.29 is 71.2 Å². The minimum atomic E-state index is -4.66. The van der Waals surface area contributed by atoms with E-state index in [4.69, 9.17) is 36.0 Å². The van der Waals surface area contributed by atoms with Crippen molar-refractivity contribution in [1.82, 2.24) is 0 Å². The number of ether oxygens (including phenoxy) is 2. The molecule has 0 aliphatic rings. The van der Waals surface area contributed by atoms with Gasteiger partial charge in [-0.3, -0.25) is 0 Å². The fourth-order valence-corrected chi connectivity index (χ4v) is 10.5. The van der Waals surface area contributed by atoms with Crippen molar-refractivity contribution in [3.8, 4) is 16.9 Å². The molecular weight excluding hydrogens is 733 g/mol. The van der Waals surface area contributed by atoms with Crippen LogP contribution in [0.5, 0.6) is 5.75 Å². The Morgan fingerprint density at radius 2 is 0.784 bits per heavy atom. The zero-order valence-corrected chi connectivity index (χ0v) is 31.9. The Labute approximate surface area is 296 Å². The summed E-state index contributed by atoms with van der Waals surface area (Å²) in [6, 6.07) is 0.610. The van der Waals surface area contributed by atoms with E-state index < -0.39 is 86.2 Å². The highest BCUT2D eigenvalue weighted by molar-refractivity contribution is 6.75. The quantitative estimate of drug-likeness (QED) is 0.0411. The van der Waals surface area contributed by atoms with Crippen LogP contribution < -0.4 is 9.92 Å². The maximum atomic E-state index is 15.4. The highest BCUT2D eigenvalue weighted by Crippen LogP contribution is 2.39. The number of rotatable bonds is 26. The average molecular weight is 781 g/mol. The van der Waals surface area contributed by atoms with E-state index in [2.05, 4.69) is 0 Å². The van der Waals surface area contributed by atoms with Crippen molar-refractivity contribution >= 4 is 22.8 Å². The molecule has 0 amide bonds. The molecule has 0 N–H and O–H groups in total. The van der Waals surface area contributed by atoms with Gasteiger partial charge in [0.25, 0.3) is 0 Å². The van der Waals surface area contributed by atoms with E-state index in [0.29, 0.717) is 64.8 Å². The fourth-order valence-electron chi connectivity index (χ4n) is 5.32. The number of hydrogen-bond donors (Lipinski definition) is 0. The standard InChI is InChI=1S/C33H48F8O8Si2/c1-7-44-50(45-8-2,46-9-3)21-17-19-42-18-15-13-14-16-20-43-32-28(38)24(34)22(25(35)29(32)39)23-26(36)30(40)33(31(41)27(23)37)51(47-10-4,48-11-5)49-12-6/h7-21H2,1-6H3. The molecule has 2 aromatic carbocycles. The molecule has 0 saturated heterocycles. The maximum absolute atomic E-state index is 15.4. The molecule has 0 atom stereocenters. The molecule has 8 nitrogen and oxygen atoms in total. The van der Waals surface area contributed by atoms with Gasteiger partial charge in [-0.05, 0) is 67.2 Å². The molecular formula is C33H48F8O8Si2. The van der Waals surface area contributed by atoms with E-state index in [1.165, 1.54) is 20.8 Å². The summed E-state index contributed by atoms with van der Waals surface area (Å²) in [6.07, 6.45) is 2.69. The maximum Gasteiger partial charge on any atom is 0.543 e. The Morgan fingerprint density at radius 3 is 1.20 bits per heavy atom. The first kappa shape index (κ1) is 45.0. The summed E-state index contributed by atoms with van der Waals surface area (Å²) in [5, 5.41) is -1.40. The molecule has 18 heteroatoms. The van der Waals surface area contributed by atoms with Gasteiger partial charge in [0.15, 0.2) is 40.7 Å². The van der Waals surface area contributed by atoms with Crippen LogP contribution in [0.4, 0.5) is 35.1 Å². The summed E-state index contributed by atoms with van der Waals surface area (Å²) in [6.45, 7) is 11.0. The second-order valence-corrected chi connectivity index (χ2v) is 16.0. The third-order valence-corrected chi connectivity index (χ3v) is 13.5. The summed E-state index contributed by atoms with van der Waals surface area (Å²) < 4.78 is 166. The van der Waals surface area contributed by atoms with Crippen LogP contribution in [-0.2, 0) is 31.3 Å². The first-order valence-corrected chi connectivity index (χ1v) is 20.8. The molecule has 0 aliphatic carbocycles. The largest absolute Gasteiger partial charge is 0.543 e. The van der Waals surface area contributed by atoms with Gasteiger partial charge in [0.05, 0.1) is 22.9 Å². The third-order valence-electron chi connectivity index (χ3n) is 7.34. The Kier molecular flexibility index (Phi) is 19.5. The molecule has 292 valence electrons. The lowest BCUT2D eigenvalue weighted by molar-refractivity contribution is 0.0656. The highest BCUT2D eigenvalue weighted by Gasteiger charge is 2.51. The van der Waals surface area contributed by atoms with Crippen molar-refractivity contribution in [3.63, 3.8) is 0 Å². The fraction of sp³-hybridized carbons (Fsp3) is 0.636. The predicted molar refractivity (Wildman–Crippen MR) is 177 cm³/mol. The number of halogens is 8. The van der Waals surface area contributed by atoms with Crippen molar-refractivity contribution in [2.45, 2.75) is 79.7 Å². The van der Waals surface area contributed by atoms with E-state index in [1.807, 2.05) is 20.8 Å². The van der Waals surface area contributed by atoms with Gasteiger partial charge in [-0.1, -0.05) is 6.42 Å². The second-order valence-electron chi connectivity index (χ2n) is 10.8. The van der Waals surface area contributed by atoms with Crippen LogP contribution in [0.2, 0.25) is 6.04 Å². The minimum absolute atomic E-state index is 0.224. The van der Waals surface area contributed by atoms with Gasteiger partial charge in [-0.15, -0.1) is 0 Å². The number of unbranched alkanes of at least 4 members (excludes halogenated alkanes) is 3. The van der Waals surface area contributed by atoms with Crippen LogP contribution in [0.25, 0.3) is 11.1 Å². The van der Waals surface area contributed by atoms with E-state index in [-0.39, 0.29) is 32.8 Å². The summed E-state index contributed by atoms with van der Waals surface area (Å²) in [4.78, 5) is 0. The molecule has 0 bridgehead atoms. The van der Waals surface area contributed by atoms with Gasteiger partial charge < -0.3 is 36.0 Å². The first-order chi connectivity index (χ1) is 24.4. The summed E-state index contributed by atoms with van der Waals surface area (Å²) in [5.41, 5.74) is -4.02. The summed E-state index contributed by atoms with van der Waals surface area (Å²) >= 11 is 0. The molecule has 0 radical (unpaired) electrons. The first-order valence-electron chi connectivity index (χ1n) is 17.1. The lowest BCUT2D eigenvalue weighted by atomic mass is 10.0. The monoisotopic (exact) mass is 780 g/mol. The van der Waals surface area contributed by atoms with Crippen molar-refractivity contribution in [2.75, 3.05) is 59.5 Å². The van der Waals surface area contributed by atoms with Crippen LogP contribution >= 0.6 is 0 Å². The van der Waals surface area contributed by atoms with Crippen LogP contribution in [0.1, 0.15) is 73.6 Å². The average Bonchev–Trinajstić information content (AvgIpc) is 3.09. The Morgan fingerprint density at radius 1 is 0.412 bits per heavy atom. The molecule has 0 aliphatic heterocycles. The zero-order chi connectivity index (χ0) is 38.2. The number of hydrogen-bond acceptors (Lipinski definition) is 8. The molecule has 0 heterocycles. The second kappa shape index (κ2) is 22.1. The zero-order valence-electron chi connectivity index (χ0n) is 29.9.